The van der Waals surface area contributed by atoms with Crippen molar-refractivity contribution in [2.45, 2.75) is 6.92 Å². The van der Waals surface area contributed by atoms with Crippen LogP contribution in [0.5, 0.6) is 0 Å². The van der Waals surface area contributed by atoms with Gasteiger partial charge >= 0.3 is 0 Å². The summed E-state index contributed by atoms with van der Waals surface area (Å²) in [5, 5.41) is 0.705. The molecule has 3 rings (SSSR count). The average Bonchev–Trinajstić information content (AvgIpc) is 2.82. The summed E-state index contributed by atoms with van der Waals surface area (Å²) in [4.78, 5) is 7.98. The van der Waals surface area contributed by atoms with E-state index in [1.54, 1.807) is 0 Å². The van der Waals surface area contributed by atoms with Crippen molar-refractivity contribution in [3.63, 3.8) is 0 Å². The summed E-state index contributed by atoms with van der Waals surface area (Å²) in [6, 6.07) is 17.9. The van der Waals surface area contributed by atoms with Crippen molar-refractivity contribution >= 4 is 11.6 Å². The number of benzene rings is 2. The minimum absolute atomic E-state index is 0.705. The molecular formula is C16H13ClN2. The molecule has 0 unspecified atom stereocenters. The molecule has 19 heavy (non-hydrogen) atoms. The molecule has 0 spiro atoms. The van der Waals surface area contributed by atoms with Gasteiger partial charge in [-0.05, 0) is 19.1 Å². The first-order valence-corrected chi connectivity index (χ1v) is 6.50. The third kappa shape index (κ3) is 2.27. The second kappa shape index (κ2) is 4.90. The smallest absolute Gasteiger partial charge is 0.139 e. The lowest BCUT2D eigenvalue weighted by Gasteiger charge is -1.99. The molecule has 1 N–H and O–H groups in total. The molecule has 2 nitrogen and oxygen atoms in total. The van der Waals surface area contributed by atoms with E-state index in [1.807, 2.05) is 49.4 Å². The molecule has 0 aliphatic rings. The number of hydrogen-bond acceptors (Lipinski definition) is 1. The van der Waals surface area contributed by atoms with E-state index in [2.05, 4.69) is 22.1 Å². The minimum Gasteiger partial charge on any atom is -0.341 e. The Balaban J connectivity index is 2.10. The summed E-state index contributed by atoms with van der Waals surface area (Å²) in [6.45, 7) is 2.02. The largest absolute Gasteiger partial charge is 0.341 e. The highest BCUT2D eigenvalue weighted by atomic mass is 35.5. The summed E-state index contributed by atoms with van der Waals surface area (Å²) in [5.41, 5.74) is 4.04. The number of aryl methyl sites for hydroxylation is 1. The normalized spacial score (nSPS) is 10.6. The molecule has 0 aliphatic heterocycles. The number of nitrogens with zero attached hydrogens (tertiary/aromatic N) is 1. The summed E-state index contributed by atoms with van der Waals surface area (Å²) >= 11 is 6.21. The first-order chi connectivity index (χ1) is 9.25. The Bertz CT molecular complexity index is 702. The van der Waals surface area contributed by atoms with Gasteiger partial charge in [0.15, 0.2) is 0 Å². The number of rotatable bonds is 2. The van der Waals surface area contributed by atoms with Gasteiger partial charge in [0.2, 0.25) is 0 Å². The summed E-state index contributed by atoms with van der Waals surface area (Å²) in [7, 11) is 0. The third-order valence-electron chi connectivity index (χ3n) is 3.06. The Morgan fingerprint density at radius 2 is 1.63 bits per heavy atom. The lowest BCUT2D eigenvalue weighted by atomic mass is 10.1. The first kappa shape index (κ1) is 12.0. The molecular weight excluding hydrogens is 256 g/mol. The highest BCUT2D eigenvalue weighted by Crippen LogP contribution is 2.29. The van der Waals surface area contributed by atoms with Crippen LogP contribution in [0.25, 0.3) is 22.6 Å². The van der Waals surface area contributed by atoms with Gasteiger partial charge in [0.05, 0.1) is 10.7 Å². The van der Waals surface area contributed by atoms with Crippen LogP contribution in [0.2, 0.25) is 5.02 Å². The molecule has 3 aromatic rings. The molecule has 94 valence electrons. The number of aromatic amines is 1. The number of hydrogen-bond donors (Lipinski definition) is 1. The molecule has 0 radical (unpaired) electrons. The maximum Gasteiger partial charge on any atom is 0.139 e. The minimum atomic E-state index is 0.705. The zero-order chi connectivity index (χ0) is 13.2. The fourth-order valence-electron chi connectivity index (χ4n) is 2.12. The predicted octanol–water partition coefficient (Wildman–Crippen LogP) is 4.71. The van der Waals surface area contributed by atoms with Gasteiger partial charge in [0, 0.05) is 16.8 Å². The molecule has 3 heteroatoms. The first-order valence-electron chi connectivity index (χ1n) is 6.12. The van der Waals surface area contributed by atoms with Crippen LogP contribution in [0.4, 0.5) is 0 Å². The van der Waals surface area contributed by atoms with Crippen molar-refractivity contribution in [3.8, 4) is 22.6 Å². The molecule has 0 saturated carbocycles. The van der Waals surface area contributed by atoms with Gasteiger partial charge in [-0.15, -0.1) is 0 Å². The maximum atomic E-state index is 6.21. The summed E-state index contributed by atoms with van der Waals surface area (Å²) < 4.78 is 0. The zero-order valence-electron chi connectivity index (χ0n) is 10.5. The van der Waals surface area contributed by atoms with Crippen LogP contribution in [-0.4, -0.2) is 9.97 Å². The number of imidazole rings is 1. The Morgan fingerprint density at radius 3 is 2.37 bits per heavy atom. The predicted molar refractivity (Wildman–Crippen MR) is 79.2 cm³/mol. The molecule has 2 aromatic carbocycles. The molecule has 0 aliphatic carbocycles. The number of nitrogens with one attached hydrogen (secondary N) is 1. The van der Waals surface area contributed by atoms with E-state index in [4.69, 9.17) is 11.6 Å². The van der Waals surface area contributed by atoms with Gasteiger partial charge in [-0.1, -0.05) is 54.1 Å². The van der Waals surface area contributed by atoms with Crippen LogP contribution in [0.15, 0.2) is 54.6 Å². The van der Waals surface area contributed by atoms with E-state index in [9.17, 15) is 0 Å². The van der Waals surface area contributed by atoms with Crippen molar-refractivity contribution in [2.24, 2.45) is 0 Å². The van der Waals surface area contributed by atoms with Crippen molar-refractivity contribution < 1.29 is 0 Å². The number of H-pyrrole nitrogens is 1. The molecule has 0 amide bonds. The lowest BCUT2D eigenvalue weighted by Crippen LogP contribution is -1.82. The molecule has 0 saturated heterocycles. The van der Waals surface area contributed by atoms with Crippen molar-refractivity contribution in [2.75, 3.05) is 0 Å². The van der Waals surface area contributed by atoms with Crippen LogP contribution in [0.3, 0.4) is 0 Å². The van der Waals surface area contributed by atoms with Crippen molar-refractivity contribution in [1.82, 2.24) is 9.97 Å². The molecule has 1 heterocycles. The lowest BCUT2D eigenvalue weighted by molar-refractivity contribution is 1.26. The summed E-state index contributed by atoms with van der Waals surface area (Å²) in [5.74, 6) is 0.807. The highest BCUT2D eigenvalue weighted by Gasteiger charge is 2.11. The molecule has 1 aromatic heterocycles. The topological polar surface area (TPSA) is 28.7 Å². The van der Waals surface area contributed by atoms with Crippen molar-refractivity contribution in [3.05, 3.63) is 65.3 Å². The average molecular weight is 269 g/mol. The quantitative estimate of drug-likeness (QED) is 0.717. The van der Waals surface area contributed by atoms with Crippen molar-refractivity contribution in [1.29, 1.82) is 0 Å². The molecule has 0 atom stereocenters. The SMILES string of the molecule is Cc1[nH]c(-c2ccccc2Cl)nc1-c1ccccc1. The zero-order valence-corrected chi connectivity index (χ0v) is 11.3. The Labute approximate surface area is 117 Å². The number of aromatic nitrogens is 2. The Morgan fingerprint density at radius 1 is 0.947 bits per heavy atom. The molecule has 0 bridgehead atoms. The third-order valence-corrected chi connectivity index (χ3v) is 3.39. The fourth-order valence-corrected chi connectivity index (χ4v) is 2.34. The van der Waals surface area contributed by atoms with Crippen LogP contribution < -0.4 is 0 Å². The highest BCUT2D eigenvalue weighted by molar-refractivity contribution is 6.33. The van der Waals surface area contributed by atoms with Gasteiger partial charge in [-0.2, -0.15) is 0 Å². The van der Waals surface area contributed by atoms with Gasteiger partial charge in [0.25, 0.3) is 0 Å². The monoisotopic (exact) mass is 268 g/mol. The molecule has 0 fully saturated rings. The number of halogens is 1. The van der Waals surface area contributed by atoms with Gasteiger partial charge < -0.3 is 4.98 Å². The second-order valence-electron chi connectivity index (χ2n) is 4.40. The Kier molecular flexibility index (Phi) is 3.10. The van der Waals surface area contributed by atoms with E-state index >= 15 is 0 Å². The summed E-state index contributed by atoms with van der Waals surface area (Å²) in [6.07, 6.45) is 0. The van der Waals surface area contributed by atoms with Gasteiger partial charge in [-0.25, -0.2) is 4.98 Å². The standard InChI is InChI=1S/C16H13ClN2/c1-11-15(12-7-3-2-4-8-12)19-16(18-11)13-9-5-6-10-14(13)17/h2-10H,1H3,(H,18,19). The van der Waals surface area contributed by atoms with E-state index in [0.717, 1.165) is 28.3 Å². The maximum absolute atomic E-state index is 6.21. The van der Waals surface area contributed by atoms with E-state index in [0.29, 0.717) is 5.02 Å². The fraction of sp³-hybridized carbons (Fsp3) is 0.0625. The second-order valence-corrected chi connectivity index (χ2v) is 4.81. The van der Waals surface area contributed by atoms with E-state index in [1.165, 1.54) is 0 Å². The van der Waals surface area contributed by atoms with Crippen LogP contribution >= 0.6 is 11.6 Å². The van der Waals surface area contributed by atoms with E-state index in [-0.39, 0.29) is 0 Å². The Hall–Kier alpha value is -2.06. The van der Waals surface area contributed by atoms with E-state index < -0.39 is 0 Å². The van der Waals surface area contributed by atoms with Crippen LogP contribution in [0, 0.1) is 6.92 Å². The van der Waals surface area contributed by atoms with Gasteiger partial charge in [-0.3, -0.25) is 0 Å². The van der Waals surface area contributed by atoms with Gasteiger partial charge in [0.1, 0.15) is 5.82 Å². The van der Waals surface area contributed by atoms with Crippen LogP contribution in [0.1, 0.15) is 5.69 Å². The van der Waals surface area contributed by atoms with Crippen LogP contribution in [-0.2, 0) is 0 Å².